The van der Waals surface area contributed by atoms with E-state index in [0.717, 1.165) is 10.8 Å². The van der Waals surface area contributed by atoms with E-state index in [1.165, 1.54) is 18.2 Å². The highest BCUT2D eigenvalue weighted by molar-refractivity contribution is 8.14. The molecule has 0 aliphatic rings. The summed E-state index contributed by atoms with van der Waals surface area (Å²) in [5.74, 6) is 0. The molecular formula is C16H12Cl2O4S2. The van der Waals surface area contributed by atoms with Gasteiger partial charge in [-0.15, -0.1) is 0 Å². The van der Waals surface area contributed by atoms with Crippen LogP contribution in [0, 0.1) is 0 Å². The van der Waals surface area contributed by atoms with Crippen molar-refractivity contribution < 1.29 is 16.8 Å². The summed E-state index contributed by atoms with van der Waals surface area (Å²) in [5, 5.41) is 1.87. The minimum absolute atomic E-state index is 0.136. The van der Waals surface area contributed by atoms with E-state index in [4.69, 9.17) is 21.4 Å². The van der Waals surface area contributed by atoms with Crippen LogP contribution in [0.1, 0.15) is 0 Å². The quantitative estimate of drug-likeness (QED) is 0.596. The number of fused-ring (bicyclic) bond motifs is 1. The van der Waals surface area contributed by atoms with Crippen LogP contribution in [0.4, 0.5) is 0 Å². The van der Waals surface area contributed by atoms with Gasteiger partial charge in [0.05, 0.1) is 9.79 Å². The summed E-state index contributed by atoms with van der Waals surface area (Å²) in [6.45, 7) is 0. The monoisotopic (exact) mass is 402 g/mol. The lowest BCUT2D eigenvalue weighted by atomic mass is 10.1. The minimum atomic E-state index is -3.62. The first kappa shape index (κ1) is 18.7. The number of hydrogen-bond donors (Lipinski definition) is 0. The first-order valence-electron chi connectivity index (χ1n) is 6.61. The molecule has 0 heterocycles. The van der Waals surface area contributed by atoms with Crippen molar-refractivity contribution >= 4 is 50.2 Å². The fraction of sp³-hybridized carbons (Fsp3) is 0. The third-order valence-electron chi connectivity index (χ3n) is 3.03. The Morgan fingerprint density at radius 1 is 0.542 bits per heavy atom. The van der Waals surface area contributed by atoms with Gasteiger partial charge >= 0.3 is 0 Å². The van der Waals surface area contributed by atoms with Crippen molar-refractivity contribution in [2.45, 2.75) is 9.79 Å². The molecule has 3 aromatic carbocycles. The summed E-state index contributed by atoms with van der Waals surface area (Å²) < 4.78 is 43.3. The highest BCUT2D eigenvalue weighted by Crippen LogP contribution is 2.21. The van der Waals surface area contributed by atoms with E-state index in [2.05, 4.69) is 0 Å². The van der Waals surface area contributed by atoms with Gasteiger partial charge in [-0.1, -0.05) is 48.5 Å². The van der Waals surface area contributed by atoms with Crippen molar-refractivity contribution in [3.8, 4) is 0 Å². The fourth-order valence-electron chi connectivity index (χ4n) is 1.90. The molecule has 0 bridgehead atoms. The second-order valence-corrected chi connectivity index (χ2v) is 9.83. The molecule has 0 aliphatic heterocycles. The molecular weight excluding hydrogens is 391 g/mol. The average molecular weight is 403 g/mol. The van der Waals surface area contributed by atoms with Crippen LogP contribution in [0.25, 0.3) is 10.8 Å². The number of rotatable bonds is 2. The van der Waals surface area contributed by atoms with Gasteiger partial charge in [-0.25, -0.2) is 16.8 Å². The Balaban J connectivity index is 0.000000185. The van der Waals surface area contributed by atoms with Crippen LogP contribution in [0.5, 0.6) is 0 Å². The minimum Gasteiger partial charge on any atom is -0.207 e. The van der Waals surface area contributed by atoms with Crippen LogP contribution in [-0.4, -0.2) is 16.8 Å². The lowest BCUT2D eigenvalue weighted by Gasteiger charge is -1.99. The Morgan fingerprint density at radius 3 is 1.54 bits per heavy atom. The lowest BCUT2D eigenvalue weighted by Crippen LogP contribution is -1.89. The average Bonchev–Trinajstić information content (AvgIpc) is 2.54. The van der Waals surface area contributed by atoms with Gasteiger partial charge in [-0.2, -0.15) is 0 Å². The maximum absolute atomic E-state index is 11.0. The Morgan fingerprint density at radius 2 is 1.04 bits per heavy atom. The van der Waals surface area contributed by atoms with Gasteiger partial charge in [0.2, 0.25) is 0 Å². The van der Waals surface area contributed by atoms with Gasteiger partial charge in [-0.3, -0.25) is 0 Å². The summed E-state index contributed by atoms with van der Waals surface area (Å²) in [6.07, 6.45) is 0. The van der Waals surface area contributed by atoms with Gasteiger partial charge in [0.25, 0.3) is 18.1 Å². The molecule has 24 heavy (non-hydrogen) atoms. The van der Waals surface area contributed by atoms with Gasteiger partial charge in [0.1, 0.15) is 0 Å². The third kappa shape index (κ3) is 5.21. The molecule has 0 fully saturated rings. The number of hydrogen-bond acceptors (Lipinski definition) is 4. The van der Waals surface area contributed by atoms with E-state index in [1.54, 1.807) is 30.3 Å². The van der Waals surface area contributed by atoms with E-state index in [0.29, 0.717) is 0 Å². The predicted molar refractivity (Wildman–Crippen MR) is 96.5 cm³/mol. The normalized spacial score (nSPS) is 11.6. The summed E-state index contributed by atoms with van der Waals surface area (Å²) >= 11 is 0. The van der Waals surface area contributed by atoms with Crippen LogP contribution in [0.15, 0.2) is 82.6 Å². The van der Waals surface area contributed by atoms with Crippen LogP contribution < -0.4 is 0 Å². The van der Waals surface area contributed by atoms with Crippen molar-refractivity contribution in [3.05, 3.63) is 72.8 Å². The molecule has 0 saturated carbocycles. The third-order valence-corrected chi connectivity index (χ3v) is 5.75. The molecule has 3 aromatic rings. The summed E-state index contributed by atoms with van der Waals surface area (Å²) in [6, 6.07) is 20.2. The second-order valence-electron chi connectivity index (χ2n) is 4.70. The molecule has 0 spiro atoms. The van der Waals surface area contributed by atoms with E-state index in [1.807, 2.05) is 24.3 Å². The van der Waals surface area contributed by atoms with Crippen molar-refractivity contribution in [2.24, 2.45) is 0 Å². The Labute approximate surface area is 149 Å². The Kier molecular flexibility index (Phi) is 5.87. The molecule has 0 radical (unpaired) electrons. The molecule has 4 nitrogen and oxygen atoms in total. The molecule has 0 atom stereocenters. The highest BCUT2D eigenvalue weighted by Gasteiger charge is 2.09. The standard InChI is InChI=1S/C10H7ClO2S.C6H5ClO2S/c11-14(12,13)10-6-5-8-3-1-2-4-9(8)7-10;7-10(8,9)6-4-2-1-3-5-6/h1-7H;1-5H. The molecule has 0 aromatic heterocycles. The molecule has 0 saturated heterocycles. The van der Waals surface area contributed by atoms with E-state index in [9.17, 15) is 16.8 Å². The molecule has 3 rings (SSSR count). The van der Waals surface area contributed by atoms with E-state index >= 15 is 0 Å². The largest absolute Gasteiger partial charge is 0.261 e. The lowest BCUT2D eigenvalue weighted by molar-refractivity contribution is 0.608. The summed E-state index contributed by atoms with van der Waals surface area (Å²) in [7, 11) is 3.11. The van der Waals surface area contributed by atoms with E-state index < -0.39 is 18.1 Å². The number of halogens is 2. The molecule has 126 valence electrons. The SMILES string of the molecule is O=S(=O)(Cl)c1ccc2ccccc2c1.O=S(=O)(Cl)c1ccccc1. The second kappa shape index (κ2) is 7.53. The zero-order valence-electron chi connectivity index (χ0n) is 12.1. The zero-order chi connectivity index (χ0) is 17.8. The zero-order valence-corrected chi connectivity index (χ0v) is 15.3. The highest BCUT2D eigenvalue weighted by atomic mass is 35.7. The first-order chi connectivity index (χ1) is 11.2. The van der Waals surface area contributed by atoms with Crippen molar-refractivity contribution in [1.29, 1.82) is 0 Å². The maximum atomic E-state index is 11.0. The first-order valence-corrected chi connectivity index (χ1v) is 11.2. The molecule has 0 unspecified atom stereocenters. The Bertz CT molecular complexity index is 1050. The van der Waals surface area contributed by atoms with Crippen molar-refractivity contribution in [2.75, 3.05) is 0 Å². The smallest absolute Gasteiger partial charge is 0.207 e. The van der Waals surface area contributed by atoms with Gasteiger partial charge in [0, 0.05) is 21.4 Å². The molecule has 8 heteroatoms. The van der Waals surface area contributed by atoms with Crippen molar-refractivity contribution in [3.63, 3.8) is 0 Å². The Hall–Kier alpha value is -1.60. The summed E-state index contributed by atoms with van der Waals surface area (Å²) in [5.41, 5.74) is 0. The molecule has 0 aliphatic carbocycles. The van der Waals surface area contributed by atoms with Gasteiger partial charge in [-0.05, 0) is 35.0 Å². The topological polar surface area (TPSA) is 68.3 Å². The summed E-state index contributed by atoms with van der Waals surface area (Å²) in [4.78, 5) is 0.273. The molecule has 0 amide bonds. The van der Waals surface area contributed by atoms with E-state index in [-0.39, 0.29) is 9.79 Å². The van der Waals surface area contributed by atoms with Crippen LogP contribution in [0.3, 0.4) is 0 Å². The predicted octanol–water partition coefficient (Wildman–Crippen LogP) is 4.38. The maximum Gasteiger partial charge on any atom is 0.261 e. The van der Waals surface area contributed by atoms with Crippen LogP contribution >= 0.6 is 21.4 Å². The van der Waals surface area contributed by atoms with Crippen LogP contribution in [-0.2, 0) is 18.1 Å². The molecule has 0 N–H and O–H groups in total. The van der Waals surface area contributed by atoms with Crippen LogP contribution in [0.2, 0.25) is 0 Å². The number of benzene rings is 3. The van der Waals surface area contributed by atoms with Gasteiger partial charge < -0.3 is 0 Å². The van der Waals surface area contributed by atoms with Crippen molar-refractivity contribution in [1.82, 2.24) is 0 Å². The van der Waals surface area contributed by atoms with Gasteiger partial charge in [0.15, 0.2) is 0 Å². The fourth-order valence-corrected chi connectivity index (χ4v) is 3.48.